The van der Waals surface area contributed by atoms with Crippen molar-refractivity contribution in [3.8, 4) is 0 Å². The Kier molecular flexibility index (Phi) is 2.85. The van der Waals surface area contributed by atoms with Crippen molar-refractivity contribution in [1.82, 2.24) is 4.90 Å². The lowest BCUT2D eigenvalue weighted by atomic mass is 9.52. The van der Waals surface area contributed by atoms with E-state index in [1.54, 1.807) is 0 Å². The minimum atomic E-state index is 0.510. The number of hydrogen-bond acceptors (Lipinski definition) is 2. The highest BCUT2D eigenvalue weighted by atomic mass is 15.2. The molecule has 2 heteroatoms. The summed E-state index contributed by atoms with van der Waals surface area (Å²) in [4.78, 5) is 2.67. The van der Waals surface area contributed by atoms with E-state index in [9.17, 15) is 0 Å². The van der Waals surface area contributed by atoms with Crippen LogP contribution < -0.4 is 5.73 Å². The summed E-state index contributed by atoms with van der Waals surface area (Å²) in [6.07, 6.45) is 8.91. The molecule has 4 aliphatic rings. The molecule has 0 aromatic heterocycles. The van der Waals surface area contributed by atoms with Crippen LogP contribution in [0.15, 0.2) is 24.3 Å². The Morgan fingerprint density at radius 3 is 2.00 bits per heavy atom. The van der Waals surface area contributed by atoms with Crippen molar-refractivity contribution < 1.29 is 0 Å². The Labute approximate surface area is 122 Å². The van der Waals surface area contributed by atoms with Crippen molar-refractivity contribution in [1.29, 1.82) is 0 Å². The molecule has 0 atom stereocenters. The summed E-state index contributed by atoms with van der Waals surface area (Å²) in [5.41, 5.74) is 8.57. The Hall–Kier alpha value is -1.02. The van der Waals surface area contributed by atoms with E-state index in [1.165, 1.54) is 44.1 Å². The van der Waals surface area contributed by atoms with E-state index in [0.29, 0.717) is 5.54 Å². The van der Waals surface area contributed by atoms with Crippen molar-refractivity contribution in [3.05, 3.63) is 29.8 Å². The van der Waals surface area contributed by atoms with Crippen LogP contribution in [0.4, 0.5) is 5.69 Å². The van der Waals surface area contributed by atoms with Crippen LogP contribution in [-0.4, -0.2) is 17.5 Å². The fraction of sp³-hybridized carbons (Fsp3) is 0.667. The van der Waals surface area contributed by atoms with Gasteiger partial charge in [0.25, 0.3) is 0 Å². The van der Waals surface area contributed by atoms with Crippen LogP contribution in [0.25, 0.3) is 0 Å². The monoisotopic (exact) mass is 270 g/mol. The molecular formula is C18H26N2. The molecule has 4 bridgehead atoms. The summed E-state index contributed by atoms with van der Waals surface area (Å²) in [7, 11) is 2.35. The van der Waals surface area contributed by atoms with Crippen molar-refractivity contribution in [3.63, 3.8) is 0 Å². The third-order valence-corrected chi connectivity index (χ3v) is 6.22. The molecule has 5 rings (SSSR count). The second-order valence-corrected chi connectivity index (χ2v) is 7.74. The lowest BCUT2D eigenvalue weighted by Crippen LogP contribution is -2.58. The fourth-order valence-electron chi connectivity index (χ4n) is 5.60. The van der Waals surface area contributed by atoms with Crippen molar-refractivity contribution in [2.75, 3.05) is 12.8 Å². The first-order valence-electron chi connectivity index (χ1n) is 8.19. The second kappa shape index (κ2) is 4.49. The van der Waals surface area contributed by atoms with Gasteiger partial charge in [-0.3, -0.25) is 4.90 Å². The lowest BCUT2D eigenvalue weighted by Gasteiger charge is -2.60. The summed E-state index contributed by atoms with van der Waals surface area (Å²) < 4.78 is 0. The van der Waals surface area contributed by atoms with Crippen LogP contribution in [0, 0.1) is 17.8 Å². The summed E-state index contributed by atoms with van der Waals surface area (Å²) in [5.74, 6) is 3.07. The zero-order valence-electron chi connectivity index (χ0n) is 12.5. The maximum absolute atomic E-state index is 5.79. The highest BCUT2D eigenvalue weighted by Crippen LogP contribution is 2.57. The first-order valence-corrected chi connectivity index (χ1v) is 8.19. The minimum Gasteiger partial charge on any atom is -0.399 e. The summed E-state index contributed by atoms with van der Waals surface area (Å²) >= 11 is 0. The van der Waals surface area contributed by atoms with Crippen LogP contribution >= 0.6 is 0 Å². The molecule has 1 aromatic rings. The molecule has 0 heterocycles. The Bertz CT molecular complexity index is 455. The highest BCUT2D eigenvalue weighted by molar-refractivity contribution is 5.39. The Morgan fingerprint density at radius 1 is 1.00 bits per heavy atom. The van der Waals surface area contributed by atoms with E-state index in [2.05, 4.69) is 24.1 Å². The maximum Gasteiger partial charge on any atom is 0.0314 e. The van der Waals surface area contributed by atoms with Crippen molar-refractivity contribution >= 4 is 5.69 Å². The average Bonchev–Trinajstić information content (AvgIpc) is 2.40. The van der Waals surface area contributed by atoms with E-state index in [-0.39, 0.29) is 0 Å². The smallest absolute Gasteiger partial charge is 0.0314 e. The Balaban J connectivity index is 1.53. The fourth-order valence-corrected chi connectivity index (χ4v) is 5.60. The third kappa shape index (κ3) is 2.05. The van der Waals surface area contributed by atoms with Gasteiger partial charge in [-0.1, -0.05) is 12.1 Å². The van der Waals surface area contributed by atoms with Gasteiger partial charge in [0.15, 0.2) is 0 Å². The van der Waals surface area contributed by atoms with Gasteiger partial charge in [0, 0.05) is 17.8 Å². The molecule has 20 heavy (non-hydrogen) atoms. The first-order chi connectivity index (χ1) is 9.63. The quantitative estimate of drug-likeness (QED) is 0.849. The standard InChI is InChI=1S/C18H26N2/c1-20(12-13-2-4-17(19)5-3-13)18-9-14-6-15(10-18)8-16(7-14)11-18/h2-5,14-16H,6-12,19H2,1H3. The molecule has 0 spiro atoms. The molecule has 4 saturated carbocycles. The second-order valence-electron chi connectivity index (χ2n) is 7.74. The van der Waals surface area contributed by atoms with Crippen LogP contribution in [0.3, 0.4) is 0 Å². The number of benzene rings is 1. The normalized spacial score (nSPS) is 38.6. The van der Waals surface area contributed by atoms with E-state index in [4.69, 9.17) is 5.73 Å². The Morgan fingerprint density at radius 2 is 1.50 bits per heavy atom. The number of rotatable bonds is 3. The van der Waals surface area contributed by atoms with Gasteiger partial charge in [-0.15, -0.1) is 0 Å². The molecular weight excluding hydrogens is 244 g/mol. The highest BCUT2D eigenvalue weighted by Gasteiger charge is 2.52. The molecule has 108 valence electrons. The summed E-state index contributed by atoms with van der Waals surface area (Å²) in [6, 6.07) is 8.43. The van der Waals surface area contributed by atoms with Crippen LogP contribution in [0.1, 0.15) is 44.1 Å². The number of hydrogen-bond donors (Lipinski definition) is 1. The zero-order chi connectivity index (χ0) is 13.7. The lowest BCUT2D eigenvalue weighted by molar-refractivity contribution is -0.0821. The molecule has 0 radical (unpaired) electrons. The average molecular weight is 270 g/mol. The van der Waals surface area contributed by atoms with Gasteiger partial charge < -0.3 is 5.73 Å². The van der Waals surface area contributed by atoms with Crippen LogP contribution in [-0.2, 0) is 6.54 Å². The first kappa shape index (κ1) is 12.7. The summed E-state index contributed by atoms with van der Waals surface area (Å²) in [6.45, 7) is 1.08. The largest absolute Gasteiger partial charge is 0.399 e. The SMILES string of the molecule is CN(Cc1ccc(N)cc1)C12CC3CC(CC(C3)C1)C2. The zero-order valence-corrected chi connectivity index (χ0v) is 12.5. The molecule has 0 unspecified atom stereocenters. The predicted molar refractivity (Wildman–Crippen MR) is 83.2 cm³/mol. The number of nitrogens with zero attached hydrogens (tertiary/aromatic N) is 1. The summed E-state index contributed by atoms with van der Waals surface area (Å²) in [5, 5.41) is 0. The van der Waals surface area contributed by atoms with E-state index in [1.807, 2.05) is 12.1 Å². The molecule has 0 amide bonds. The third-order valence-electron chi connectivity index (χ3n) is 6.22. The molecule has 4 fully saturated rings. The number of anilines is 1. The molecule has 4 aliphatic carbocycles. The van der Waals surface area contributed by atoms with Gasteiger partial charge in [0.2, 0.25) is 0 Å². The van der Waals surface area contributed by atoms with E-state index < -0.39 is 0 Å². The van der Waals surface area contributed by atoms with Gasteiger partial charge in [-0.25, -0.2) is 0 Å². The minimum absolute atomic E-state index is 0.510. The molecule has 0 saturated heterocycles. The van der Waals surface area contributed by atoms with Gasteiger partial charge in [0.1, 0.15) is 0 Å². The van der Waals surface area contributed by atoms with Gasteiger partial charge in [-0.2, -0.15) is 0 Å². The van der Waals surface area contributed by atoms with Gasteiger partial charge in [-0.05, 0) is 81.0 Å². The molecule has 2 nitrogen and oxygen atoms in total. The van der Waals surface area contributed by atoms with E-state index in [0.717, 1.165) is 30.0 Å². The topological polar surface area (TPSA) is 29.3 Å². The molecule has 2 N–H and O–H groups in total. The predicted octanol–water partition coefficient (Wildman–Crippen LogP) is 3.67. The number of nitrogen functional groups attached to an aromatic ring is 1. The van der Waals surface area contributed by atoms with Crippen LogP contribution in [0.2, 0.25) is 0 Å². The van der Waals surface area contributed by atoms with Gasteiger partial charge >= 0.3 is 0 Å². The number of nitrogens with two attached hydrogens (primary N) is 1. The molecule has 1 aromatic carbocycles. The maximum atomic E-state index is 5.79. The van der Waals surface area contributed by atoms with Crippen LogP contribution in [0.5, 0.6) is 0 Å². The van der Waals surface area contributed by atoms with Crippen molar-refractivity contribution in [2.24, 2.45) is 17.8 Å². The van der Waals surface area contributed by atoms with Gasteiger partial charge in [0.05, 0.1) is 0 Å². The van der Waals surface area contributed by atoms with Crippen molar-refractivity contribution in [2.45, 2.75) is 50.6 Å². The molecule has 0 aliphatic heterocycles. The van der Waals surface area contributed by atoms with E-state index >= 15 is 0 Å².